The largest absolute Gasteiger partial charge is 0.256 e. The van der Waals surface area contributed by atoms with Gasteiger partial charge in [0.25, 0.3) is 0 Å². The summed E-state index contributed by atoms with van der Waals surface area (Å²) in [5.74, 6) is 3.98. The first-order valence-corrected chi connectivity index (χ1v) is 48.5. The van der Waals surface area contributed by atoms with Crippen LogP contribution < -0.4 is 0 Å². The maximum Gasteiger partial charge on any atom is 0.164 e. The van der Waals surface area contributed by atoms with Crippen LogP contribution in [0.2, 0.25) is 0 Å². The summed E-state index contributed by atoms with van der Waals surface area (Å²) in [5.41, 5.74) is 29.5. The van der Waals surface area contributed by atoms with Crippen LogP contribution in [0, 0.1) is 0 Å². The van der Waals surface area contributed by atoms with E-state index in [1.54, 1.807) is 0 Å². The van der Waals surface area contributed by atoms with Gasteiger partial charge in [0.1, 0.15) is 0 Å². The Kier molecular flexibility index (Phi) is 18.3. The number of hydrogen-bond acceptors (Lipinski definition) is 7. The number of rotatable bonds is 9. The van der Waals surface area contributed by atoms with Gasteiger partial charge in [0.2, 0.25) is 0 Å². The molecular formula is C135H79N7. The van der Waals surface area contributed by atoms with Gasteiger partial charge in [-0.15, -0.1) is 0 Å². The van der Waals surface area contributed by atoms with Crippen LogP contribution in [0.25, 0.3) is 309 Å². The fraction of sp³-hybridized carbons (Fsp3) is 0. The van der Waals surface area contributed by atoms with Crippen LogP contribution >= 0.6 is 0 Å². The van der Waals surface area contributed by atoms with E-state index in [-0.39, 0.29) is 0 Å². The molecule has 0 N–H and O–H groups in total. The third-order valence-corrected chi connectivity index (χ3v) is 29.6. The number of benzene rings is 25. The molecule has 28 aromatic rings. The highest BCUT2D eigenvalue weighted by Crippen LogP contribution is 2.58. The van der Waals surface area contributed by atoms with E-state index < -0.39 is 0 Å². The Morgan fingerprint density at radius 1 is 0.120 bits per heavy atom. The van der Waals surface area contributed by atoms with Gasteiger partial charge in [-0.05, 0) is 297 Å². The normalized spacial score (nSPS) is 11.9. The Morgan fingerprint density at radius 3 is 0.887 bits per heavy atom. The summed E-state index contributed by atoms with van der Waals surface area (Å²) >= 11 is 0. The Balaban J connectivity index is 0.000000102. The topological polar surface area (TPSA) is 90.2 Å². The van der Waals surface area contributed by atoms with E-state index in [1.807, 2.05) is 6.20 Å². The minimum Gasteiger partial charge on any atom is -0.256 e. The molecule has 0 amide bonds. The van der Waals surface area contributed by atoms with Crippen LogP contribution in [0.15, 0.2) is 479 Å². The fourth-order valence-corrected chi connectivity index (χ4v) is 22.9. The lowest BCUT2D eigenvalue weighted by molar-refractivity contribution is 1.08. The van der Waals surface area contributed by atoms with Crippen molar-refractivity contribution in [3.05, 3.63) is 479 Å². The van der Waals surface area contributed by atoms with E-state index in [9.17, 15) is 0 Å². The average Bonchev–Trinajstić information content (AvgIpc) is 1.54. The number of hydrogen-bond donors (Lipinski definition) is 0. The van der Waals surface area contributed by atoms with E-state index in [2.05, 4.69) is 473 Å². The lowest BCUT2D eigenvalue weighted by atomic mass is 9.89. The molecule has 0 spiro atoms. The number of nitrogens with zero attached hydrogens (tertiary/aromatic N) is 7. The highest BCUT2D eigenvalue weighted by atomic mass is 15.0. The second-order valence-corrected chi connectivity index (χ2v) is 37.6. The summed E-state index contributed by atoms with van der Waals surface area (Å²) in [4.78, 5) is 36.1. The van der Waals surface area contributed by atoms with Crippen LogP contribution in [0.5, 0.6) is 0 Å². The minimum atomic E-state index is 0.660. The molecule has 0 saturated carbocycles. The second-order valence-electron chi connectivity index (χ2n) is 37.6. The molecule has 3 aliphatic rings. The number of aromatic nitrogens is 7. The highest BCUT2D eigenvalue weighted by molar-refractivity contribution is 6.33. The Bertz CT molecular complexity index is 10000. The molecule has 0 fully saturated rings. The summed E-state index contributed by atoms with van der Waals surface area (Å²) in [6.45, 7) is 0. The van der Waals surface area contributed by atoms with Crippen molar-refractivity contribution in [2.45, 2.75) is 0 Å². The smallest absolute Gasteiger partial charge is 0.164 e. The van der Waals surface area contributed by atoms with E-state index >= 15 is 0 Å². The molecule has 3 heterocycles. The van der Waals surface area contributed by atoms with Crippen LogP contribution in [-0.4, -0.2) is 34.9 Å². The van der Waals surface area contributed by atoms with Crippen LogP contribution in [0.4, 0.5) is 0 Å². The zero-order valence-electron chi connectivity index (χ0n) is 76.7. The molecule has 3 aromatic heterocycles. The molecule has 0 saturated heterocycles. The van der Waals surface area contributed by atoms with Gasteiger partial charge >= 0.3 is 0 Å². The standard InChI is InChI=1S/C47H27N3.C45H27N.C43H25N3/c1-3-12-30-26-32(22-20-28(30)10-1)45-48-46(33-23-21-29-11-2-4-13-31(29)27-33)50-47(49-45)39-24-25-41-42-38(39)18-9-19-40(42)43-36-16-7-5-14-34(36)35-15-6-8-17-37(35)44(41)43;1-2-9-29-22-32(17-16-28(29)8-1)30-11-7-12-31(23-30)36-25-35-24-34(18-21-43(35)46-27-36)38-19-20-41-39-14-5-6-15-40(39)42-26-33-10-3-4-13-37(33)44(38)45(41)42;1-3-11-28-23-31(19-17-26(28)9-1)41-44-42(32-20-18-27-10-2-4-12-29(27)24-32)46-43(45-41)37-22-21-36-34-15-7-8-16-35(34)38-25-30-13-5-6-14-33(30)39(37)40(36)38/h1-27H;1-27H;1-25H. The predicted molar refractivity (Wildman–Crippen MR) is 594 cm³/mol. The maximum atomic E-state index is 5.23. The zero-order chi connectivity index (χ0) is 93.1. The molecule has 0 radical (unpaired) electrons. The van der Waals surface area contributed by atoms with Crippen molar-refractivity contribution in [1.82, 2.24) is 34.9 Å². The molecule has 3 aliphatic carbocycles. The summed E-state index contributed by atoms with van der Waals surface area (Å²) < 4.78 is 0. The molecule has 0 aliphatic heterocycles. The Morgan fingerprint density at radius 2 is 0.415 bits per heavy atom. The van der Waals surface area contributed by atoms with Gasteiger partial charge < -0.3 is 0 Å². The van der Waals surface area contributed by atoms with Gasteiger partial charge in [-0.25, -0.2) is 29.9 Å². The first-order valence-electron chi connectivity index (χ1n) is 48.5. The quantitative estimate of drug-likeness (QED) is 0.133. The summed E-state index contributed by atoms with van der Waals surface area (Å²) in [6.07, 6.45) is 2.01. The SMILES string of the molecule is c1cc(-c2ccc3ccccc3c2)cc(-c2cnc3ccc(-c4ccc5c6c(cc7ccccc7c46)-c4ccccc4-5)cc3c2)c1.c1ccc2c(c1)-c1ccc(-c3nc(-c4ccc5ccccc5c4)nc(-c4ccc5ccccc5c4)n3)c3c1c-2cc1ccccc13.c1ccc2cc(-c3nc(-c4ccc5ccccc5c4)nc(-c4ccc5c6c(cccc46)-c4c-5c5ccccc5c5ccccc45)n3)ccc2c1. The predicted octanol–water partition coefficient (Wildman–Crippen LogP) is 35.8. The molecule has 25 aromatic carbocycles. The van der Waals surface area contributed by atoms with Crippen LogP contribution in [0.1, 0.15) is 0 Å². The molecule has 142 heavy (non-hydrogen) atoms. The molecular weight excluding hydrogens is 1720 g/mol. The van der Waals surface area contributed by atoms with Crippen molar-refractivity contribution in [3.8, 4) is 168 Å². The maximum absolute atomic E-state index is 5.23. The van der Waals surface area contributed by atoms with Crippen molar-refractivity contribution >= 4 is 140 Å². The van der Waals surface area contributed by atoms with Gasteiger partial charge in [-0.3, -0.25) is 4.98 Å². The number of fused-ring (bicyclic) bond motifs is 24. The first kappa shape index (κ1) is 80.3. The van der Waals surface area contributed by atoms with Gasteiger partial charge in [0.05, 0.1) is 5.52 Å². The van der Waals surface area contributed by atoms with Crippen molar-refractivity contribution in [3.63, 3.8) is 0 Å². The molecule has 31 rings (SSSR count). The molecule has 7 nitrogen and oxygen atoms in total. The lowest BCUT2D eigenvalue weighted by Crippen LogP contribution is -2.01. The third-order valence-electron chi connectivity index (χ3n) is 29.6. The average molecular weight is 1800 g/mol. The van der Waals surface area contributed by atoms with Crippen molar-refractivity contribution in [2.75, 3.05) is 0 Å². The minimum absolute atomic E-state index is 0.660. The second kappa shape index (κ2) is 32.4. The first-order chi connectivity index (χ1) is 70.3. The number of pyridine rings is 1. The van der Waals surface area contributed by atoms with Crippen LogP contribution in [-0.2, 0) is 0 Å². The van der Waals surface area contributed by atoms with Gasteiger partial charge in [0, 0.05) is 55.9 Å². The van der Waals surface area contributed by atoms with Crippen molar-refractivity contribution in [2.24, 2.45) is 0 Å². The third kappa shape index (κ3) is 13.2. The molecule has 654 valence electrons. The van der Waals surface area contributed by atoms with E-state index in [4.69, 9.17) is 34.9 Å². The molecule has 0 unspecified atom stereocenters. The summed E-state index contributed by atoms with van der Waals surface area (Å²) in [6, 6.07) is 170. The van der Waals surface area contributed by atoms with E-state index in [0.717, 1.165) is 76.8 Å². The molecule has 0 bridgehead atoms. The van der Waals surface area contributed by atoms with Gasteiger partial charge in [-0.1, -0.05) is 394 Å². The monoisotopic (exact) mass is 1800 g/mol. The Hall–Kier alpha value is -19.0. The molecule has 0 atom stereocenters. The fourth-order valence-electron chi connectivity index (χ4n) is 22.9. The zero-order valence-corrected chi connectivity index (χ0v) is 76.7. The highest BCUT2D eigenvalue weighted by Gasteiger charge is 2.32. The lowest BCUT2D eigenvalue weighted by Gasteiger charge is -2.14. The van der Waals surface area contributed by atoms with E-state index in [0.29, 0.717) is 34.9 Å². The van der Waals surface area contributed by atoms with Crippen LogP contribution in [0.3, 0.4) is 0 Å². The van der Waals surface area contributed by atoms with Crippen molar-refractivity contribution in [1.29, 1.82) is 0 Å². The van der Waals surface area contributed by atoms with E-state index in [1.165, 1.54) is 197 Å². The summed E-state index contributed by atoms with van der Waals surface area (Å²) in [5, 5.41) is 30.7. The summed E-state index contributed by atoms with van der Waals surface area (Å²) in [7, 11) is 0. The van der Waals surface area contributed by atoms with Gasteiger partial charge in [-0.2, -0.15) is 0 Å². The van der Waals surface area contributed by atoms with Gasteiger partial charge in [0.15, 0.2) is 34.9 Å². The Labute approximate surface area is 817 Å². The molecule has 7 heteroatoms. The van der Waals surface area contributed by atoms with Crippen molar-refractivity contribution < 1.29 is 0 Å².